The van der Waals surface area contributed by atoms with Gasteiger partial charge >= 0.3 is 0 Å². The molecule has 1 atom stereocenters. The summed E-state index contributed by atoms with van der Waals surface area (Å²) >= 11 is 7.67. The second-order valence-electron chi connectivity index (χ2n) is 4.24. The van der Waals surface area contributed by atoms with Gasteiger partial charge in [-0.05, 0) is 18.4 Å². The van der Waals surface area contributed by atoms with Crippen molar-refractivity contribution in [1.29, 1.82) is 0 Å². The van der Waals surface area contributed by atoms with Gasteiger partial charge in [-0.1, -0.05) is 18.5 Å². The summed E-state index contributed by atoms with van der Waals surface area (Å²) in [7, 11) is 0. The Bertz CT molecular complexity index is 586. The van der Waals surface area contributed by atoms with Crippen LogP contribution in [0.5, 0.6) is 0 Å². The second kappa shape index (κ2) is 6.25. The number of fused-ring (bicyclic) bond motifs is 1. The Morgan fingerprint density at radius 2 is 2.37 bits per heavy atom. The largest absolute Gasteiger partial charge is 0.349 e. The van der Waals surface area contributed by atoms with E-state index in [1.165, 1.54) is 0 Å². The molecule has 0 fully saturated rings. The first-order chi connectivity index (χ1) is 9.13. The minimum absolute atomic E-state index is 0.0160. The summed E-state index contributed by atoms with van der Waals surface area (Å²) in [6.07, 6.45) is 3.81. The van der Waals surface area contributed by atoms with Crippen molar-refractivity contribution in [1.82, 2.24) is 19.9 Å². The minimum Gasteiger partial charge on any atom is -0.349 e. The zero-order valence-electron chi connectivity index (χ0n) is 10.8. The summed E-state index contributed by atoms with van der Waals surface area (Å²) in [5.41, 5.74) is 0.602. The molecule has 1 N–H and O–H groups in total. The number of halogens is 1. The van der Waals surface area contributed by atoms with Gasteiger partial charge in [0, 0.05) is 17.9 Å². The molecule has 102 valence electrons. The third-order valence-corrected chi connectivity index (χ3v) is 3.87. The number of carbonyl (C=O) groups is 1. The molecule has 0 aliphatic carbocycles. The topological polar surface area (TPSA) is 59.3 Å². The van der Waals surface area contributed by atoms with Crippen LogP contribution in [-0.2, 0) is 11.3 Å². The van der Waals surface area contributed by atoms with Gasteiger partial charge < -0.3 is 5.32 Å². The van der Waals surface area contributed by atoms with E-state index < -0.39 is 0 Å². The average molecular weight is 299 g/mol. The molecule has 0 saturated carbocycles. The number of hydrogen-bond donors (Lipinski definition) is 1. The van der Waals surface area contributed by atoms with Crippen LogP contribution >= 0.6 is 23.4 Å². The van der Waals surface area contributed by atoms with Crippen molar-refractivity contribution in [3.63, 3.8) is 0 Å². The van der Waals surface area contributed by atoms with Crippen molar-refractivity contribution in [2.45, 2.75) is 13.5 Å². The molecule has 2 aromatic rings. The maximum Gasteiger partial charge on any atom is 0.224 e. The number of nitrogens with zero attached hydrogens (tertiary/aromatic N) is 3. The molecule has 0 aromatic carbocycles. The van der Waals surface area contributed by atoms with Crippen molar-refractivity contribution in [3.8, 4) is 0 Å². The Balaban J connectivity index is 2.06. The van der Waals surface area contributed by atoms with Gasteiger partial charge in [0.15, 0.2) is 11.5 Å². The lowest BCUT2D eigenvalue weighted by Gasteiger charge is -2.09. The zero-order valence-corrected chi connectivity index (χ0v) is 12.3. The monoisotopic (exact) mass is 298 g/mol. The van der Waals surface area contributed by atoms with Crippen LogP contribution in [0.3, 0.4) is 0 Å². The zero-order chi connectivity index (χ0) is 13.8. The van der Waals surface area contributed by atoms with E-state index in [9.17, 15) is 4.79 Å². The number of carbonyl (C=O) groups excluding carboxylic acids is 1. The number of thioether (sulfide) groups is 1. The molecule has 0 aliphatic heterocycles. The molecule has 19 heavy (non-hydrogen) atoms. The molecule has 0 radical (unpaired) electrons. The van der Waals surface area contributed by atoms with Gasteiger partial charge in [0.05, 0.1) is 11.6 Å². The summed E-state index contributed by atoms with van der Waals surface area (Å²) in [4.78, 5) is 11.8. The van der Waals surface area contributed by atoms with Gasteiger partial charge in [-0.3, -0.25) is 9.20 Å². The van der Waals surface area contributed by atoms with Crippen LogP contribution in [0, 0.1) is 5.92 Å². The van der Waals surface area contributed by atoms with E-state index >= 15 is 0 Å². The first kappa shape index (κ1) is 14.1. The number of amides is 1. The van der Waals surface area contributed by atoms with E-state index in [1.54, 1.807) is 22.2 Å². The summed E-state index contributed by atoms with van der Waals surface area (Å²) in [5, 5.41) is 11.5. The Labute approximate surface area is 120 Å². The SMILES string of the molecule is CSCC(C)C(=O)NCc1nnc2c(Cl)cccn12. The predicted octanol–water partition coefficient (Wildman–Crippen LogP) is 2.00. The van der Waals surface area contributed by atoms with Crippen LogP contribution < -0.4 is 5.32 Å². The highest BCUT2D eigenvalue weighted by molar-refractivity contribution is 7.98. The summed E-state index contributed by atoms with van der Waals surface area (Å²) in [6, 6.07) is 3.58. The quantitative estimate of drug-likeness (QED) is 0.917. The second-order valence-corrected chi connectivity index (χ2v) is 5.56. The first-order valence-corrected chi connectivity index (χ1v) is 7.65. The van der Waals surface area contributed by atoms with E-state index in [2.05, 4.69) is 15.5 Å². The normalized spacial score (nSPS) is 12.6. The third kappa shape index (κ3) is 3.19. The predicted molar refractivity (Wildman–Crippen MR) is 77.4 cm³/mol. The standard InChI is InChI=1S/C12H15ClN4OS/c1-8(7-19-2)12(18)14-6-10-15-16-11-9(13)4-3-5-17(10)11/h3-5,8H,6-7H2,1-2H3,(H,14,18). The highest BCUT2D eigenvalue weighted by Gasteiger charge is 2.13. The van der Waals surface area contributed by atoms with Crippen LogP contribution in [0.15, 0.2) is 18.3 Å². The van der Waals surface area contributed by atoms with E-state index in [-0.39, 0.29) is 11.8 Å². The van der Waals surface area contributed by atoms with Gasteiger partial charge in [0.2, 0.25) is 5.91 Å². The van der Waals surface area contributed by atoms with Crippen molar-refractivity contribution < 1.29 is 4.79 Å². The van der Waals surface area contributed by atoms with Gasteiger partial charge in [0.1, 0.15) is 0 Å². The first-order valence-electron chi connectivity index (χ1n) is 5.88. The lowest BCUT2D eigenvalue weighted by Crippen LogP contribution is -2.30. The minimum atomic E-state index is -0.0160. The molecule has 7 heteroatoms. The van der Waals surface area contributed by atoms with Crippen molar-refractivity contribution in [2.24, 2.45) is 5.92 Å². The molecule has 2 heterocycles. The van der Waals surface area contributed by atoms with Crippen LogP contribution in [0.4, 0.5) is 0 Å². The molecule has 1 amide bonds. The summed E-state index contributed by atoms with van der Waals surface area (Å²) in [5.74, 6) is 1.48. The van der Waals surface area contributed by atoms with Gasteiger partial charge in [-0.25, -0.2) is 0 Å². The Morgan fingerprint density at radius 3 is 3.11 bits per heavy atom. The number of aromatic nitrogens is 3. The highest BCUT2D eigenvalue weighted by atomic mass is 35.5. The van der Waals surface area contributed by atoms with Gasteiger partial charge in [0.25, 0.3) is 0 Å². The lowest BCUT2D eigenvalue weighted by atomic mass is 10.2. The van der Waals surface area contributed by atoms with Crippen molar-refractivity contribution in [2.75, 3.05) is 12.0 Å². The molecule has 0 bridgehead atoms. The van der Waals surface area contributed by atoms with Crippen LogP contribution in [-0.4, -0.2) is 32.5 Å². The molecule has 1 unspecified atom stereocenters. The maximum atomic E-state index is 11.8. The van der Waals surface area contributed by atoms with E-state index in [0.29, 0.717) is 23.0 Å². The van der Waals surface area contributed by atoms with E-state index in [4.69, 9.17) is 11.6 Å². The Hall–Kier alpha value is -1.27. The Kier molecular flexibility index (Phi) is 4.66. The van der Waals surface area contributed by atoms with Crippen LogP contribution in [0.25, 0.3) is 5.65 Å². The molecule has 0 saturated heterocycles. The molecule has 5 nitrogen and oxygen atoms in total. The smallest absolute Gasteiger partial charge is 0.224 e. The number of rotatable bonds is 5. The summed E-state index contributed by atoms with van der Waals surface area (Å²) < 4.78 is 1.78. The number of pyridine rings is 1. The summed E-state index contributed by atoms with van der Waals surface area (Å²) in [6.45, 7) is 2.25. The molecule has 0 aliphatic rings. The van der Waals surface area contributed by atoms with Crippen molar-refractivity contribution in [3.05, 3.63) is 29.2 Å². The average Bonchev–Trinajstić information content (AvgIpc) is 2.81. The maximum absolute atomic E-state index is 11.8. The van der Waals surface area contributed by atoms with Crippen LogP contribution in [0.1, 0.15) is 12.7 Å². The molecular formula is C12H15ClN4OS. The molecule has 2 rings (SSSR count). The van der Waals surface area contributed by atoms with Crippen LogP contribution in [0.2, 0.25) is 5.02 Å². The van der Waals surface area contributed by atoms with Gasteiger partial charge in [-0.2, -0.15) is 11.8 Å². The van der Waals surface area contributed by atoms with Gasteiger partial charge in [-0.15, -0.1) is 10.2 Å². The van der Waals surface area contributed by atoms with E-state index in [0.717, 1.165) is 5.75 Å². The number of nitrogens with one attached hydrogen (secondary N) is 1. The number of hydrogen-bond acceptors (Lipinski definition) is 4. The fourth-order valence-electron chi connectivity index (χ4n) is 1.72. The Morgan fingerprint density at radius 1 is 1.58 bits per heavy atom. The molecular weight excluding hydrogens is 284 g/mol. The fourth-order valence-corrected chi connectivity index (χ4v) is 2.57. The lowest BCUT2D eigenvalue weighted by molar-refractivity contribution is -0.124. The fraction of sp³-hybridized carbons (Fsp3) is 0.417. The molecule has 0 spiro atoms. The molecule has 2 aromatic heterocycles. The van der Waals surface area contributed by atoms with Crippen molar-refractivity contribution >= 4 is 34.9 Å². The highest BCUT2D eigenvalue weighted by Crippen LogP contribution is 2.15. The third-order valence-electron chi connectivity index (χ3n) is 2.74. The van der Waals surface area contributed by atoms with E-state index in [1.807, 2.05) is 25.4 Å².